The molecule has 1 aromatic heterocycles. The lowest BCUT2D eigenvalue weighted by molar-refractivity contribution is -0.151. The van der Waals surface area contributed by atoms with Crippen LogP contribution in [-0.4, -0.2) is 38.0 Å². The third-order valence-corrected chi connectivity index (χ3v) is 2.80. The van der Waals surface area contributed by atoms with Crippen LogP contribution in [-0.2, 0) is 22.7 Å². The van der Waals surface area contributed by atoms with Crippen LogP contribution >= 0.6 is 0 Å². The van der Waals surface area contributed by atoms with E-state index in [1.54, 1.807) is 11.1 Å². The third kappa shape index (κ3) is 1.78. The van der Waals surface area contributed by atoms with E-state index in [9.17, 15) is 9.59 Å². The molecule has 0 spiro atoms. The second kappa shape index (κ2) is 3.96. The Morgan fingerprint density at radius 3 is 2.94 bits per heavy atom. The molecule has 1 aromatic rings. The second-order valence-corrected chi connectivity index (χ2v) is 3.86. The highest BCUT2D eigenvalue weighted by Crippen LogP contribution is 2.13. The van der Waals surface area contributed by atoms with Crippen LogP contribution in [0.15, 0.2) is 12.4 Å². The molecule has 0 saturated carbocycles. The van der Waals surface area contributed by atoms with Gasteiger partial charge in [-0.25, -0.2) is 4.98 Å². The zero-order valence-corrected chi connectivity index (χ0v) is 8.96. The van der Waals surface area contributed by atoms with Gasteiger partial charge in [0, 0.05) is 25.5 Å². The Balaban J connectivity index is 2.09. The number of carboxylic acids is 1. The molecule has 0 saturated heterocycles. The summed E-state index contributed by atoms with van der Waals surface area (Å²) < 4.78 is 1.97. The molecule has 0 radical (unpaired) electrons. The van der Waals surface area contributed by atoms with Gasteiger partial charge >= 0.3 is 5.97 Å². The van der Waals surface area contributed by atoms with Gasteiger partial charge in [-0.3, -0.25) is 9.59 Å². The lowest BCUT2D eigenvalue weighted by Crippen LogP contribution is -2.42. The fourth-order valence-corrected chi connectivity index (χ4v) is 1.74. The van der Waals surface area contributed by atoms with Gasteiger partial charge in [-0.15, -0.1) is 0 Å². The van der Waals surface area contributed by atoms with E-state index < -0.39 is 11.9 Å². The Morgan fingerprint density at radius 1 is 1.50 bits per heavy atom. The summed E-state index contributed by atoms with van der Waals surface area (Å²) in [6, 6.07) is 0. The van der Waals surface area contributed by atoms with Gasteiger partial charge in [0.1, 0.15) is 11.7 Å². The van der Waals surface area contributed by atoms with Crippen molar-refractivity contribution < 1.29 is 14.7 Å². The van der Waals surface area contributed by atoms with Crippen LogP contribution in [0, 0.1) is 5.92 Å². The molecule has 0 bridgehead atoms. The number of fused-ring (bicyclic) bond motifs is 1. The summed E-state index contributed by atoms with van der Waals surface area (Å²) in [5, 5.41) is 8.77. The minimum Gasteiger partial charge on any atom is -0.481 e. The lowest BCUT2D eigenvalue weighted by Gasteiger charge is -2.28. The molecular weight excluding hydrogens is 210 g/mol. The molecule has 1 amide bonds. The topological polar surface area (TPSA) is 75.4 Å². The summed E-state index contributed by atoms with van der Waals surface area (Å²) in [7, 11) is 0. The molecule has 1 aliphatic heterocycles. The molecule has 16 heavy (non-hydrogen) atoms. The Morgan fingerprint density at radius 2 is 2.25 bits per heavy atom. The average Bonchev–Trinajstić information content (AvgIpc) is 2.73. The number of amides is 1. The largest absolute Gasteiger partial charge is 0.481 e. The maximum atomic E-state index is 11.8. The lowest BCUT2D eigenvalue weighted by atomic mass is 10.1. The van der Waals surface area contributed by atoms with Crippen LogP contribution in [0.3, 0.4) is 0 Å². The molecule has 86 valence electrons. The smallest absolute Gasteiger partial charge is 0.315 e. The fraction of sp³-hybridized carbons (Fsp3) is 0.500. The van der Waals surface area contributed by atoms with Crippen molar-refractivity contribution in [3.8, 4) is 0 Å². The predicted molar refractivity (Wildman–Crippen MR) is 54.4 cm³/mol. The van der Waals surface area contributed by atoms with Crippen LogP contribution < -0.4 is 0 Å². The predicted octanol–water partition coefficient (Wildman–Crippen LogP) is -0.0540. The number of aromatic nitrogens is 2. The summed E-state index contributed by atoms with van der Waals surface area (Å²) in [5.74, 6) is -1.61. The maximum absolute atomic E-state index is 11.8. The SMILES string of the molecule is CC(C(=O)O)C(=O)N1CCn2ccnc2C1. The first-order chi connectivity index (χ1) is 7.59. The zero-order valence-electron chi connectivity index (χ0n) is 8.96. The number of carbonyl (C=O) groups is 2. The molecular formula is C10H13N3O3. The van der Waals surface area contributed by atoms with Gasteiger partial charge in [-0.05, 0) is 6.92 Å². The van der Waals surface area contributed by atoms with Gasteiger partial charge in [0.2, 0.25) is 5.91 Å². The van der Waals surface area contributed by atoms with Crippen LogP contribution in [0.2, 0.25) is 0 Å². The Kier molecular flexibility index (Phi) is 2.64. The number of nitrogens with zero attached hydrogens (tertiary/aromatic N) is 3. The number of carboxylic acid groups (broad SMARTS) is 1. The first-order valence-electron chi connectivity index (χ1n) is 5.11. The van der Waals surface area contributed by atoms with E-state index in [0.29, 0.717) is 19.6 Å². The molecule has 1 atom stereocenters. The molecule has 0 aliphatic carbocycles. The van der Waals surface area contributed by atoms with E-state index in [-0.39, 0.29) is 5.91 Å². The Bertz CT molecular complexity index is 427. The Hall–Kier alpha value is -1.85. The first kappa shape index (κ1) is 10.7. The molecule has 2 rings (SSSR count). The number of carbonyl (C=O) groups excluding carboxylic acids is 1. The number of aliphatic carboxylic acids is 1. The summed E-state index contributed by atoms with van der Waals surface area (Å²) in [6.07, 6.45) is 3.54. The highest BCUT2D eigenvalue weighted by Gasteiger charge is 2.28. The summed E-state index contributed by atoms with van der Waals surface area (Å²) in [5.41, 5.74) is 0. The zero-order chi connectivity index (χ0) is 11.7. The monoisotopic (exact) mass is 223 g/mol. The third-order valence-electron chi connectivity index (χ3n) is 2.80. The van der Waals surface area contributed by atoms with Gasteiger partial charge in [-0.2, -0.15) is 0 Å². The van der Waals surface area contributed by atoms with Crippen molar-refractivity contribution in [3.05, 3.63) is 18.2 Å². The van der Waals surface area contributed by atoms with Crippen molar-refractivity contribution in [2.24, 2.45) is 5.92 Å². The van der Waals surface area contributed by atoms with E-state index in [1.165, 1.54) is 6.92 Å². The normalized spacial score (nSPS) is 16.7. The minimum absolute atomic E-state index is 0.346. The molecule has 2 heterocycles. The molecule has 1 unspecified atom stereocenters. The molecule has 1 N–H and O–H groups in total. The number of hydrogen-bond acceptors (Lipinski definition) is 3. The van der Waals surface area contributed by atoms with E-state index in [4.69, 9.17) is 5.11 Å². The summed E-state index contributed by atoms with van der Waals surface area (Å²) >= 11 is 0. The molecule has 1 aliphatic rings. The number of hydrogen-bond donors (Lipinski definition) is 1. The molecule has 0 aromatic carbocycles. The van der Waals surface area contributed by atoms with Gasteiger partial charge in [0.05, 0.1) is 6.54 Å². The Labute approximate surface area is 92.5 Å². The standard InChI is InChI=1S/C10H13N3O3/c1-7(10(15)16)9(14)13-5-4-12-3-2-11-8(12)6-13/h2-3,7H,4-6H2,1H3,(H,15,16). The van der Waals surface area contributed by atoms with Crippen LogP contribution in [0.5, 0.6) is 0 Å². The van der Waals surface area contributed by atoms with Crippen molar-refractivity contribution in [3.63, 3.8) is 0 Å². The minimum atomic E-state index is -1.08. The van der Waals surface area contributed by atoms with Crippen LogP contribution in [0.1, 0.15) is 12.7 Å². The van der Waals surface area contributed by atoms with Crippen molar-refractivity contribution in [2.75, 3.05) is 6.54 Å². The van der Waals surface area contributed by atoms with E-state index >= 15 is 0 Å². The average molecular weight is 223 g/mol. The van der Waals surface area contributed by atoms with Crippen molar-refractivity contribution in [1.82, 2.24) is 14.5 Å². The molecule has 6 nitrogen and oxygen atoms in total. The first-order valence-corrected chi connectivity index (χ1v) is 5.11. The van der Waals surface area contributed by atoms with E-state index in [0.717, 1.165) is 5.82 Å². The van der Waals surface area contributed by atoms with Crippen molar-refractivity contribution in [2.45, 2.75) is 20.0 Å². The molecule has 6 heteroatoms. The summed E-state index contributed by atoms with van der Waals surface area (Å²) in [6.45, 7) is 3.02. The highest BCUT2D eigenvalue weighted by atomic mass is 16.4. The summed E-state index contributed by atoms with van der Waals surface area (Å²) in [4.78, 5) is 28.1. The van der Waals surface area contributed by atoms with Gasteiger partial charge in [0.15, 0.2) is 0 Å². The quantitative estimate of drug-likeness (QED) is 0.713. The van der Waals surface area contributed by atoms with Crippen LogP contribution in [0.4, 0.5) is 0 Å². The number of imidazole rings is 1. The van der Waals surface area contributed by atoms with Gasteiger partial charge < -0.3 is 14.6 Å². The van der Waals surface area contributed by atoms with Crippen molar-refractivity contribution in [1.29, 1.82) is 0 Å². The van der Waals surface area contributed by atoms with Gasteiger partial charge in [-0.1, -0.05) is 0 Å². The van der Waals surface area contributed by atoms with E-state index in [2.05, 4.69) is 4.98 Å². The second-order valence-electron chi connectivity index (χ2n) is 3.86. The number of rotatable bonds is 2. The van der Waals surface area contributed by atoms with Crippen LogP contribution in [0.25, 0.3) is 0 Å². The highest BCUT2D eigenvalue weighted by molar-refractivity contribution is 5.96. The van der Waals surface area contributed by atoms with Gasteiger partial charge in [0.25, 0.3) is 0 Å². The molecule has 0 fully saturated rings. The maximum Gasteiger partial charge on any atom is 0.315 e. The fourth-order valence-electron chi connectivity index (χ4n) is 1.74. The van der Waals surface area contributed by atoms with E-state index in [1.807, 2.05) is 10.8 Å². The van der Waals surface area contributed by atoms with Crippen molar-refractivity contribution >= 4 is 11.9 Å².